The van der Waals surface area contributed by atoms with E-state index in [-0.39, 0.29) is 46.6 Å². The monoisotopic (exact) mass is 660 g/mol. The van der Waals surface area contributed by atoms with Gasteiger partial charge in [0.05, 0.1) is 27.0 Å². The number of nitrogens with zero attached hydrogens (tertiary/aromatic N) is 3. The van der Waals surface area contributed by atoms with Gasteiger partial charge in [0.2, 0.25) is 0 Å². The van der Waals surface area contributed by atoms with Gasteiger partial charge in [-0.2, -0.15) is 5.26 Å². The van der Waals surface area contributed by atoms with E-state index in [9.17, 15) is 20.2 Å². The maximum absolute atomic E-state index is 14.0. The fourth-order valence-corrected chi connectivity index (χ4v) is 6.62. The van der Waals surface area contributed by atoms with Crippen LogP contribution in [0.5, 0.6) is 5.75 Å². The fraction of sp³-hybridized carbons (Fsp3) is 0.273. The summed E-state index contributed by atoms with van der Waals surface area (Å²) in [7, 11) is 0. The Balaban J connectivity index is 1.72. The lowest BCUT2D eigenvalue weighted by molar-refractivity contribution is -0.384. The molecule has 0 spiro atoms. The predicted molar refractivity (Wildman–Crippen MR) is 170 cm³/mol. The molecule has 3 aromatic rings. The summed E-state index contributed by atoms with van der Waals surface area (Å²) in [6.07, 6.45) is 0.687. The molecule has 1 aliphatic heterocycles. The first-order valence-corrected chi connectivity index (χ1v) is 14.9. The van der Waals surface area contributed by atoms with Crippen molar-refractivity contribution in [3.05, 3.63) is 119 Å². The Hall–Kier alpha value is -4.13. The van der Waals surface area contributed by atoms with Crippen LogP contribution in [0.3, 0.4) is 0 Å². The molecule has 8 nitrogen and oxygen atoms in total. The Kier molecular flexibility index (Phi) is 8.12. The van der Waals surface area contributed by atoms with Crippen LogP contribution >= 0.6 is 27.5 Å². The lowest BCUT2D eigenvalue weighted by Gasteiger charge is -2.43. The normalized spacial score (nSPS) is 17.9. The standard InChI is InChI=1S/C33H30BrClN4O4/c1-18-11-20(17-43-29-8-6-5-7-24(29)34)19(2)22(12-18)30-23(16-36)32(37)38(25-10-9-21(35)13-26(25)39(41)42)27-14-33(3,4)15-28(40)31(27)30/h5-13,30H,14-15,17,37H2,1-4H3. The van der Waals surface area contributed by atoms with Crippen molar-refractivity contribution in [2.75, 3.05) is 4.90 Å². The van der Waals surface area contributed by atoms with Crippen LogP contribution in [0.1, 0.15) is 54.9 Å². The van der Waals surface area contributed by atoms with Gasteiger partial charge in [0.1, 0.15) is 23.9 Å². The van der Waals surface area contributed by atoms with Gasteiger partial charge in [-0.1, -0.05) is 55.3 Å². The minimum absolute atomic E-state index is 0.0501. The summed E-state index contributed by atoms with van der Waals surface area (Å²) >= 11 is 9.65. The van der Waals surface area contributed by atoms with E-state index >= 15 is 0 Å². The number of rotatable bonds is 6. The van der Waals surface area contributed by atoms with Crippen LogP contribution in [-0.4, -0.2) is 10.7 Å². The molecule has 0 saturated carbocycles. The van der Waals surface area contributed by atoms with E-state index in [1.165, 1.54) is 23.1 Å². The van der Waals surface area contributed by atoms with Crippen molar-refractivity contribution in [1.29, 1.82) is 5.26 Å². The molecule has 1 aliphatic carbocycles. The van der Waals surface area contributed by atoms with Gasteiger partial charge in [-0.3, -0.25) is 19.8 Å². The quantitative estimate of drug-likeness (QED) is 0.209. The summed E-state index contributed by atoms with van der Waals surface area (Å²) in [6, 6.07) is 18.1. The van der Waals surface area contributed by atoms with E-state index < -0.39 is 16.3 Å². The van der Waals surface area contributed by atoms with Gasteiger partial charge < -0.3 is 10.5 Å². The number of hydrogen-bond acceptors (Lipinski definition) is 7. The number of nitro groups is 1. The largest absolute Gasteiger partial charge is 0.488 e. The van der Waals surface area contributed by atoms with E-state index in [1.807, 2.05) is 64.1 Å². The van der Waals surface area contributed by atoms with Crippen molar-refractivity contribution in [2.24, 2.45) is 11.1 Å². The van der Waals surface area contributed by atoms with E-state index in [4.69, 9.17) is 22.1 Å². The van der Waals surface area contributed by atoms with E-state index in [2.05, 4.69) is 22.0 Å². The molecule has 2 aliphatic rings. The van der Waals surface area contributed by atoms with Crippen molar-refractivity contribution >= 4 is 44.7 Å². The van der Waals surface area contributed by atoms with Gasteiger partial charge in [0, 0.05) is 28.8 Å². The van der Waals surface area contributed by atoms with Crippen molar-refractivity contribution in [3.63, 3.8) is 0 Å². The third kappa shape index (κ3) is 5.65. The third-order valence-electron chi connectivity index (χ3n) is 7.99. The molecule has 3 aromatic carbocycles. The minimum Gasteiger partial charge on any atom is -0.488 e. The summed E-state index contributed by atoms with van der Waals surface area (Å²) < 4.78 is 6.97. The molecule has 0 saturated heterocycles. The second-order valence-corrected chi connectivity index (χ2v) is 13.0. The van der Waals surface area contributed by atoms with E-state index in [0.29, 0.717) is 23.4 Å². The number of carbonyl (C=O) groups excluding carboxylic acids is 1. The second kappa shape index (κ2) is 11.5. The molecule has 0 radical (unpaired) electrons. The minimum atomic E-state index is -0.742. The number of para-hydroxylation sites is 1. The Morgan fingerprint density at radius 1 is 1.19 bits per heavy atom. The zero-order valence-corrected chi connectivity index (χ0v) is 26.5. The van der Waals surface area contributed by atoms with Crippen molar-refractivity contribution in [1.82, 2.24) is 0 Å². The zero-order valence-electron chi connectivity index (χ0n) is 24.2. The van der Waals surface area contributed by atoms with Crippen LogP contribution in [0.2, 0.25) is 5.02 Å². The first-order valence-electron chi connectivity index (χ1n) is 13.7. The molecule has 0 amide bonds. The summed E-state index contributed by atoms with van der Waals surface area (Å²) in [5.41, 5.74) is 10.8. The molecule has 0 fully saturated rings. The lowest BCUT2D eigenvalue weighted by Crippen LogP contribution is -2.42. The van der Waals surface area contributed by atoms with Crippen LogP contribution in [0.25, 0.3) is 0 Å². The first kappa shape index (κ1) is 30.3. The Labute approximate surface area is 263 Å². The number of nitro benzene ring substituents is 1. The summed E-state index contributed by atoms with van der Waals surface area (Å²) in [6.45, 7) is 8.14. The molecule has 2 N–H and O–H groups in total. The molecule has 5 rings (SSSR count). The smallest absolute Gasteiger partial charge is 0.294 e. The molecule has 0 aromatic heterocycles. The van der Waals surface area contributed by atoms with Crippen LogP contribution in [0, 0.1) is 40.7 Å². The van der Waals surface area contributed by atoms with Crippen molar-refractivity contribution < 1.29 is 14.5 Å². The number of allylic oxidation sites excluding steroid dienone is 3. The third-order valence-corrected chi connectivity index (χ3v) is 8.88. The zero-order chi connectivity index (χ0) is 31.2. The SMILES string of the molecule is Cc1cc(COc2ccccc2Br)c(C)c(C2C(C#N)=C(N)N(c3ccc(Cl)cc3[N+](=O)[O-])C3=C2C(=O)CC(C)(C)C3)c1. The number of benzene rings is 3. The maximum Gasteiger partial charge on any atom is 0.294 e. The topological polar surface area (TPSA) is 122 Å². The Bertz CT molecular complexity index is 1790. The highest BCUT2D eigenvalue weighted by Gasteiger charge is 2.46. The van der Waals surface area contributed by atoms with Gasteiger partial charge >= 0.3 is 0 Å². The van der Waals surface area contributed by atoms with Crippen LogP contribution < -0.4 is 15.4 Å². The fourth-order valence-electron chi connectivity index (χ4n) is 6.06. The number of nitrogens with two attached hydrogens (primary N) is 1. The predicted octanol–water partition coefficient (Wildman–Crippen LogP) is 8.15. The summed E-state index contributed by atoms with van der Waals surface area (Å²) in [4.78, 5) is 27.1. The van der Waals surface area contributed by atoms with E-state index in [1.54, 1.807) is 0 Å². The van der Waals surface area contributed by atoms with Crippen LogP contribution in [-0.2, 0) is 11.4 Å². The number of hydrogen-bond donors (Lipinski definition) is 1. The van der Waals surface area contributed by atoms with Crippen molar-refractivity contribution in [3.8, 4) is 11.8 Å². The summed E-state index contributed by atoms with van der Waals surface area (Å²) in [5.74, 6) is -0.119. The number of ether oxygens (including phenoxy) is 1. The molecular weight excluding hydrogens is 632 g/mol. The number of ketones is 1. The van der Waals surface area contributed by atoms with Crippen molar-refractivity contribution in [2.45, 2.75) is 53.1 Å². The van der Waals surface area contributed by atoms with Gasteiger partial charge in [0.15, 0.2) is 5.78 Å². The molecule has 1 atom stereocenters. The second-order valence-electron chi connectivity index (χ2n) is 11.7. The van der Waals surface area contributed by atoms with Gasteiger partial charge in [-0.25, -0.2) is 0 Å². The average molecular weight is 662 g/mol. The molecular formula is C33H30BrClN4O4. The number of Topliss-reactive ketones (excluding diaryl/α,β-unsaturated/α-hetero) is 1. The van der Waals surface area contributed by atoms with Gasteiger partial charge in [-0.15, -0.1) is 0 Å². The molecule has 10 heteroatoms. The molecule has 1 heterocycles. The maximum atomic E-state index is 14.0. The van der Waals surface area contributed by atoms with Gasteiger partial charge in [0.25, 0.3) is 5.69 Å². The number of anilines is 1. The van der Waals surface area contributed by atoms with Gasteiger partial charge in [-0.05, 0) is 82.6 Å². The van der Waals surface area contributed by atoms with Crippen LogP contribution in [0.4, 0.5) is 11.4 Å². The highest BCUT2D eigenvalue weighted by atomic mass is 79.9. The Morgan fingerprint density at radius 2 is 1.91 bits per heavy atom. The summed E-state index contributed by atoms with van der Waals surface area (Å²) in [5, 5.41) is 22.8. The molecule has 43 heavy (non-hydrogen) atoms. The highest BCUT2D eigenvalue weighted by Crippen LogP contribution is 2.52. The number of halogens is 2. The highest BCUT2D eigenvalue weighted by molar-refractivity contribution is 9.10. The molecule has 0 bridgehead atoms. The lowest BCUT2D eigenvalue weighted by atomic mass is 9.68. The number of carbonyl (C=O) groups is 1. The molecule has 1 unspecified atom stereocenters. The van der Waals surface area contributed by atoms with E-state index in [0.717, 1.165) is 26.7 Å². The first-order chi connectivity index (χ1) is 20.3. The number of aryl methyl sites for hydroxylation is 1. The number of nitriles is 1. The molecule has 220 valence electrons. The van der Waals surface area contributed by atoms with Crippen LogP contribution in [0.15, 0.2) is 81.7 Å². The Morgan fingerprint density at radius 3 is 2.58 bits per heavy atom. The average Bonchev–Trinajstić information content (AvgIpc) is 2.93.